The van der Waals surface area contributed by atoms with Gasteiger partial charge in [0.2, 0.25) is 0 Å². The van der Waals surface area contributed by atoms with Crippen LogP contribution in [-0.2, 0) is 13.1 Å². The van der Waals surface area contributed by atoms with E-state index in [2.05, 4.69) is 41.8 Å². The quantitative estimate of drug-likeness (QED) is 0.669. The fourth-order valence-corrected chi connectivity index (χ4v) is 4.00. The normalized spacial score (nSPS) is 14.6. The molecular weight excluding hydrogens is 346 g/mol. The van der Waals surface area contributed by atoms with Crippen LogP contribution < -0.4 is 10.6 Å². The maximum absolute atomic E-state index is 5.73. The van der Waals surface area contributed by atoms with Gasteiger partial charge >= 0.3 is 0 Å². The van der Waals surface area contributed by atoms with Crippen molar-refractivity contribution in [3.05, 3.63) is 53.1 Å². The van der Waals surface area contributed by atoms with Crippen LogP contribution in [0.2, 0.25) is 0 Å². The Morgan fingerprint density at radius 3 is 2.57 bits per heavy atom. The number of nitrogens with zero attached hydrogens (tertiary/aromatic N) is 4. The number of rotatable bonds is 9. The lowest BCUT2D eigenvalue weighted by Gasteiger charge is -2.31. The van der Waals surface area contributed by atoms with E-state index in [1.807, 2.05) is 12.4 Å². The van der Waals surface area contributed by atoms with Crippen LogP contribution in [0.5, 0.6) is 0 Å². The SMILES string of the molecule is Cc1cnc(CN(CCCCN)Cc2ncccc2N2CCCCC2)c(C)c1. The molecule has 1 fully saturated rings. The summed E-state index contributed by atoms with van der Waals surface area (Å²) in [4.78, 5) is 14.5. The molecule has 1 saturated heterocycles. The molecule has 28 heavy (non-hydrogen) atoms. The molecule has 0 amide bonds. The summed E-state index contributed by atoms with van der Waals surface area (Å²) in [5.41, 5.74) is 11.9. The van der Waals surface area contributed by atoms with E-state index >= 15 is 0 Å². The van der Waals surface area contributed by atoms with Gasteiger partial charge in [-0.3, -0.25) is 14.9 Å². The minimum absolute atomic E-state index is 0.748. The fraction of sp³-hybridized carbons (Fsp3) is 0.565. The summed E-state index contributed by atoms with van der Waals surface area (Å²) in [6, 6.07) is 6.53. The molecule has 0 saturated carbocycles. The molecule has 0 atom stereocenters. The highest BCUT2D eigenvalue weighted by molar-refractivity contribution is 5.50. The molecule has 0 spiro atoms. The zero-order valence-electron chi connectivity index (χ0n) is 17.5. The zero-order chi connectivity index (χ0) is 19.8. The first-order valence-electron chi connectivity index (χ1n) is 10.7. The van der Waals surface area contributed by atoms with Gasteiger partial charge < -0.3 is 10.6 Å². The number of anilines is 1. The third-order valence-electron chi connectivity index (χ3n) is 5.56. The van der Waals surface area contributed by atoms with Gasteiger partial charge in [-0.2, -0.15) is 0 Å². The molecule has 2 N–H and O–H groups in total. The Hall–Kier alpha value is -1.98. The Morgan fingerprint density at radius 2 is 1.82 bits per heavy atom. The Kier molecular flexibility index (Phi) is 7.80. The Balaban J connectivity index is 1.77. The van der Waals surface area contributed by atoms with E-state index in [1.54, 1.807) is 0 Å². The molecule has 0 aliphatic carbocycles. The molecule has 0 unspecified atom stereocenters. The molecule has 5 nitrogen and oxygen atoms in total. The van der Waals surface area contributed by atoms with Crippen LogP contribution >= 0.6 is 0 Å². The van der Waals surface area contributed by atoms with Crippen molar-refractivity contribution < 1.29 is 0 Å². The van der Waals surface area contributed by atoms with Crippen molar-refractivity contribution in [1.29, 1.82) is 0 Å². The molecule has 2 aromatic heterocycles. The predicted octanol–water partition coefficient (Wildman–Crippen LogP) is 3.82. The summed E-state index contributed by atoms with van der Waals surface area (Å²) in [5, 5.41) is 0. The summed E-state index contributed by atoms with van der Waals surface area (Å²) >= 11 is 0. The molecule has 152 valence electrons. The predicted molar refractivity (Wildman–Crippen MR) is 116 cm³/mol. The first kappa shape index (κ1) is 20.7. The Morgan fingerprint density at radius 1 is 1.04 bits per heavy atom. The number of pyridine rings is 2. The van der Waals surface area contributed by atoms with Crippen LogP contribution in [0.25, 0.3) is 0 Å². The largest absolute Gasteiger partial charge is 0.370 e. The first-order chi connectivity index (χ1) is 13.7. The van der Waals surface area contributed by atoms with E-state index in [0.717, 1.165) is 57.8 Å². The van der Waals surface area contributed by atoms with Gasteiger partial charge in [0.1, 0.15) is 0 Å². The second kappa shape index (κ2) is 10.5. The molecular formula is C23H35N5. The number of nitrogens with two attached hydrogens (primary N) is 1. The average molecular weight is 382 g/mol. The van der Waals surface area contributed by atoms with Gasteiger partial charge in [-0.25, -0.2) is 0 Å². The minimum atomic E-state index is 0.748. The van der Waals surface area contributed by atoms with Crippen molar-refractivity contribution in [1.82, 2.24) is 14.9 Å². The van der Waals surface area contributed by atoms with Gasteiger partial charge in [-0.05, 0) is 82.3 Å². The maximum Gasteiger partial charge on any atom is 0.0776 e. The Labute approximate surface area is 170 Å². The van der Waals surface area contributed by atoms with Crippen molar-refractivity contribution in [2.75, 3.05) is 31.1 Å². The molecule has 2 aromatic rings. The second-order valence-electron chi connectivity index (χ2n) is 8.00. The van der Waals surface area contributed by atoms with Gasteiger partial charge in [0.05, 0.1) is 17.1 Å². The van der Waals surface area contributed by atoms with Gasteiger partial charge in [0, 0.05) is 38.6 Å². The van der Waals surface area contributed by atoms with Crippen LogP contribution in [0.1, 0.15) is 54.6 Å². The number of unbranched alkanes of at least 4 members (excludes halogenated alkanes) is 1. The fourth-order valence-electron chi connectivity index (χ4n) is 4.00. The van der Waals surface area contributed by atoms with E-state index in [9.17, 15) is 0 Å². The van der Waals surface area contributed by atoms with Crippen LogP contribution in [0.4, 0.5) is 5.69 Å². The van der Waals surface area contributed by atoms with Crippen LogP contribution in [0.3, 0.4) is 0 Å². The van der Waals surface area contributed by atoms with Crippen LogP contribution in [-0.4, -0.2) is 41.0 Å². The second-order valence-corrected chi connectivity index (χ2v) is 8.00. The standard InChI is InChI=1S/C23H35N5/c1-19-15-20(2)21(26-16-19)17-27(12-7-4-10-24)18-22-23(9-8-11-25-22)28-13-5-3-6-14-28/h8-9,11,15-16H,3-7,10,12-14,17-18,24H2,1-2H3. The van der Waals surface area contributed by atoms with E-state index in [-0.39, 0.29) is 0 Å². The molecule has 1 aliphatic heterocycles. The minimum Gasteiger partial charge on any atom is -0.370 e. The summed E-state index contributed by atoms with van der Waals surface area (Å²) in [5.74, 6) is 0. The summed E-state index contributed by atoms with van der Waals surface area (Å²) < 4.78 is 0. The summed E-state index contributed by atoms with van der Waals surface area (Å²) in [6.07, 6.45) is 9.96. The molecule has 0 aromatic carbocycles. The number of aromatic nitrogens is 2. The van der Waals surface area contributed by atoms with E-state index in [1.165, 1.54) is 41.8 Å². The van der Waals surface area contributed by atoms with Gasteiger partial charge in [-0.15, -0.1) is 0 Å². The number of aryl methyl sites for hydroxylation is 2. The maximum atomic E-state index is 5.73. The molecule has 0 bridgehead atoms. The van der Waals surface area contributed by atoms with Gasteiger partial charge in [0.25, 0.3) is 0 Å². The highest BCUT2D eigenvalue weighted by Gasteiger charge is 2.18. The van der Waals surface area contributed by atoms with E-state index in [4.69, 9.17) is 15.7 Å². The van der Waals surface area contributed by atoms with Crippen LogP contribution in [0.15, 0.2) is 30.6 Å². The van der Waals surface area contributed by atoms with Crippen molar-refractivity contribution in [3.8, 4) is 0 Å². The van der Waals surface area contributed by atoms with Crippen molar-refractivity contribution in [2.24, 2.45) is 5.73 Å². The topological polar surface area (TPSA) is 58.3 Å². The first-order valence-corrected chi connectivity index (χ1v) is 10.7. The van der Waals surface area contributed by atoms with Crippen molar-refractivity contribution in [2.45, 2.75) is 59.0 Å². The lowest BCUT2D eigenvalue weighted by Crippen LogP contribution is -2.32. The van der Waals surface area contributed by atoms with Crippen molar-refractivity contribution in [3.63, 3.8) is 0 Å². The molecule has 3 rings (SSSR count). The summed E-state index contributed by atoms with van der Waals surface area (Å²) in [7, 11) is 0. The Bertz CT molecular complexity index is 740. The zero-order valence-corrected chi connectivity index (χ0v) is 17.5. The monoisotopic (exact) mass is 381 g/mol. The highest BCUT2D eigenvalue weighted by Crippen LogP contribution is 2.24. The lowest BCUT2D eigenvalue weighted by atomic mass is 10.1. The summed E-state index contributed by atoms with van der Waals surface area (Å²) in [6.45, 7) is 10.0. The highest BCUT2D eigenvalue weighted by atomic mass is 15.2. The number of hydrogen-bond acceptors (Lipinski definition) is 5. The molecule has 0 radical (unpaired) electrons. The average Bonchev–Trinajstić information content (AvgIpc) is 2.71. The number of hydrogen-bond donors (Lipinski definition) is 1. The van der Waals surface area contributed by atoms with Gasteiger partial charge in [0.15, 0.2) is 0 Å². The van der Waals surface area contributed by atoms with Gasteiger partial charge in [-0.1, -0.05) is 6.07 Å². The number of piperidine rings is 1. The third kappa shape index (κ3) is 5.76. The smallest absolute Gasteiger partial charge is 0.0776 e. The molecule has 5 heteroatoms. The third-order valence-corrected chi connectivity index (χ3v) is 5.56. The van der Waals surface area contributed by atoms with Crippen LogP contribution in [0, 0.1) is 13.8 Å². The molecule has 1 aliphatic rings. The van der Waals surface area contributed by atoms with Crippen molar-refractivity contribution >= 4 is 5.69 Å². The van der Waals surface area contributed by atoms with E-state index < -0.39 is 0 Å². The lowest BCUT2D eigenvalue weighted by molar-refractivity contribution is 0.245. The molecule has 3 heterocycles. The van der Waals surface area contributed by atoms with E-state index in [0.29, 0.717) is 0 Å².